The first-order valence-electron chi connectivity index (χ1n) is 7.96. The van der Waals surface area contributed by atoms with Gasteiger partial charge in [0.25, 0.3) is 5.91 Å². The van der Waals surface area contributed by atoms with Crippen LogP contribution in [0.2, 0.25) is 0 Å². The Kier molecular flexibility index (Phi) is 5.05. The van der Waals surface area contributed by atoms with Crippen molar-refractivity contribution in [3.8, 4) is 0 Å². The highest BCUT2D eigenvalue weighted by Gasteiger charge is 2.16. The van der Waals surface area contributed by atoms with Crippen molar-refractivity contribution in [1.82, 2.24) is 5.32 Å². The molecule has 1 aliphatic rings. The zero-order valence-corrected chi connectivity index (χ0v) is 13.3. The molecule has 1 heterocycles. The lowest BCUT2D eigenvalue weighted by molar-refractivity contribution is 0.102. The third kappa shape index (κ3) is 3.97. The predicted octanol–water partition coefficient (Wildman–Crippen LogP) is 3.16. The Hall–Kier alpha value is -2.17. The van der Waals surface area contributed by atoms with E-state index in [1.54, 1.807) is 7.11 Å². The molecule has 23 heavy (non-hydrogen) atoms. The Morgan fingerprint density at radius 1 is 1.17 bits per heavy atom. The zero-order valence-electron chi connectivity index (χ0n) is 13.3. The number of hydrogen-bond acceptors (Lipinski definition) is 3. The number of benzene rings is 2. The number of carbonyl (C=O) groups excluding carboxylic acids is 1. The molecule has 4 nitrogen and oxygen atoms in total. The molecule has 1 amide bonds. The van der Waals surface area contributed by atoms with Crippen molar-refractivity contribution >= 4 is 11.6 Å². The average molecular weight is 310 g/mol. The van der Waals surface area contributed by atoms with Gasteiger partial charge in [0, 0.05) is 24.9 Å². The number of nitrogens with one attached hydrogen (secondary N) is 2. The molecule has 1 saturated heterocycles. The minimum absolute atomic E-state index is 0.0933. The minimum Gasteiger partial charge on any atom is -0.380 e. The Morgan fingerprint density at radius 2 is 1.91 bits per heavy atom. The summed E-state index contributed by atoms with van der Waals surface area (Å²) in [5.74, 6) is 0.498. The molecule has 2 aromatic carbocycles. The van der Waals surface area contributed by atoms with Gasteiger partial charge in [0.05, 0.1) is 6.61 Å². The molecule has 1 unspecified atom stereocenters. The Morgan fingerprint density at radius 3 is 2.52 bits per heavy atom. The summed E-state index contributed by atoms with van der Waals surface area (Å²) in [6, 6.07) is 15.6. The SMILES string of the molecule is COCc1ccc(C(=O)Nc2ccc(C3CCNC3)cc2)cc1. The highest BCUT2D eigenvalue weighted by Crippen LogP contribution is 2.23. The van der Waals surface area contributed by atoms with Gasteiger partial charge in [0.1, 0.15) is 0 Å². The number of anilines is 1. The van der Waals surface area contributed by atoms with Gasteiger partial charge in [-0.2, -0.15) is 0 Å². The fraction of sp³-hybridized carbons (Fsp3) is 0.316. The number of amides is 1. The summed E-state index contributed by atoms with van der Waals surface area (Å²) in [5.41, 5.74) is 3.86. The molecule has 1 atom stereocenters. The van der Waals surface area contributed by atoms with E-state index < -0.39 is 0 Å². The summed E-state index contributed by atoms with van der Waals surface area (Å²) >= 11 is 0. The molecule has 2 N–H and O–H groups in total. The molecular weight excluding hydrogens is 288 g/mol. The number of ether oxygens (including phenoxy) is 1. The van der Waals surface area contributed by atoms with Crippen molar-refractivity contribution < 1.29 is 9.53 Å². The molecule has 4 heteroatoms. The second-order valence-corrected chi connectivity index (χ2v) is 5.90. The second-order valence-electron chi connectivity index (χ2n) is 5.90. The molecule has 3 rings (SSSR count). The number of rotatable bonds is 5. The van der Waals surface area contributed by atoms with Crippen LogP contribution in [-0.4, -0.2) is 26.1 Å². The van der Waals surface area contributed by atoms with Crippen LogP contribution in [0.1, 0.15) is 33.8 Å². The van der Waals surface area contributed by atoms with Gasteiger partial charge in [-0.3, -0.25) is 4.79 Å². The van der Waals surface area contributed by atoms with Gasteiger partial charge in [-0.25, -0.2) is 0 Å². The zero-order chi connectivity index (χ0) is 16.1. The van der Waals surface area contributed by atoms with Crippen molar-refractivity contribution in [3.05, 3.63) is 65.2 Å². The maximum Gasteiger partial charge on any atom is 0.255 e. The van der Waals surface area contributed by atoms with Gasteiger partial charge in [-0.05, 0) is 54.3 Å². The molecule has 120 valence electrons. The van der Waals surface area contributed by atoms with E-state index in [0.717, 1.165) is 24.3 Å². The predicted molar refractivity (Wildman–Crippen MR) is 91.8 cm³/mol. The van der Waals surface area contributed by atoms with E-state index in [9.17, 15) is 4.79 Å². The van der Waals surface area contributed by atoms with Gasteiger partial charge in [0.15, 0.2) is 0 Å². The highest BCUT2D eigenvalue weighted by molar-refractivity contribution is 6.04. The molecule has 0 saturated carbocycles. The van der Waals surface area contributed by atoms with Gasteiger partial charge >= 0.3 is 0 Å². The summed E-state index contributed by atoms with van der Waals surface area (Å²) in [5, 5.41) is 6.32. The smallest absolute Gasteiger partial charge is 0.255 e. The van der Waals surface area contributed by atoms with Crippen LogP contribution in [0.3, 0.4) is 0 Å². The van der Waals surface area contributed by atoms with Crippen molar-refractivity contribution in [2.24, 2.45) is 0 Å². The minimum atomic E-state index is -0.0933. The molecule has 0 bridgehead atoms. The van der Waals surface area contributed by atoms with E-state index in [0.29, 0.717) is 18.1 Å². The van der Waals surface area contributed by atoms with E-state index in [-0.39, 0.29) is 5.91 Å². The van der Waals surface area contributed by atoms with E-state index in [4.69, 9.17) is 4.74 Å². The third-order valence-corrected chi connectivity index (χ3v) is 4.23. The summed E-state index contributed by atoms with van der Waals surface area (Å²) in [6.07, 6.45) is 1.18. The lowest BCUT2D eigenvalue weighted by Gasteiger charge is -2.10. The van der Waals surface area contributed by atoms with Crippen LogP contribution in [0.4, 0.5) is 5.69 Å². The fourth-order valence-electron chi connectivity index (χ4n) is 2.90. The van der Waals surface area contributed by atoms with Crippen molar-refractivity contribution in [1.29, 1.82) is 0 Å². The molecule has 1 fully saturated rings. The largest absolute Gasteiger partial charge is 0.380 e. The topological polar surface area (TPSA) is 50.4 Å². The molecule has 0 aliphatic carbocycles. The van der Waals surface area contributed by atoms with Crippen LogP contribution in [0.15, 0.2) is 48.5 Å². The Bertz CT molecular complexity index is 644. The first-order chi connectivity index (χ1) is 11.3. The van der Waals surface area contributed by atoms with Crippen LogP contribution in [-0.2, 0) is 11.3 Å². The second kappa shape index (κ2) is 7.40. The van der Waals surface area contributed by atoms with Gasteiger partial charge < -0.3 is 15.4 Å². The first-order valence-corrected chi connectivity index (χ1v) is 7.96. The van der Waals surface area contributed by atoms with Crippen LogP contribution in [0.5, 0.6) is 0 Å². The Balaban J connectivity index is 1.62. The van der Waals surface area contributed by atoms with Gasteiger partial charge in [0.2, 0.25) is 0 Å². The monoisotopic (exact) mass is 310 g/mol. The standard InChI is InChI=1S/C19H22N2O2/c1-23-13-14-2-4-16(5-3-14)19(22)21-18-8-6-15(7-9-18)17-10-11-20-12-17/h2-9,17,20H,10-13H2,1H3,(H,21,22). The van der Waals surface area contributed by atoms with Crippen molar-refractivity contribution in [2.75, 3.05) is 25.5 Å². The normalized spacial score (nSPS) is 17.2. The molecule has 1 aliphatic heterocycles. The number of hydrogen-bond donors (Lipinski definition) is 2. The van der Waals surface area contributed by atoms with E-state index in [1.165, 1.54) is 12.0 Å². The lowest BCUT2D eigenvalue weighted by Crippen LogP contribution is -2.12. The molecule has 0 spiro atoms. The van der Waals surface area contributed by atoms with E-state index >= 15 is 0 Å². The summed E-state index contributed by atoms with van der Waals surface area (Å²) < 4.78 is 5.07. The molecule has 0 radical (unpaired) electrons. The molecule has 2 aromatic rings. The summed E-state index contributed by atoms with van der Waals surface area (Å²) in [4.78, 5) is 12.3. The van der Waals surface area contributed by atoms with E-state index in [2.05, 4.69) is 22.8 Å². The van der Waals surface area contributed by atoms with Crippen LogP contribution >= 0.6 is 0 Å². The number of methoxy groups -OCH3 is 1. The van der Waals surface area contributed by atoms with Crippen molar-refractivity contribution in [3.63, 3.8) is 0 Å². The van der Waals surface area contributed by atoms with Gasteiger partial charge in [-0.15, -0.1) is 0 Å². The average Bonchev–Trinajstić information content (AvgIpc) is 3.11. The third-order valence-electron chi connectivity index (χ3n) is 4.23. The maximum atomic E-state index is 12.3. The van der Waals surface area contributed by atoms with Crippen molar-refractivity contribution in [2.45, 2.75) is 18.9 Å². The number of carbonyl (C=O) groups is 1. The highest BCUT2D eigenvalue weighted by atomic mass is 16.5. The summed E-state index contributed by atoms with van der Waals surface area (Å²) in [6.45, 7) is 2.68. The Labute approximate surface area is 136 Å². The van der Waals surface area contributed by atoms with E-state index in [1.807, 2.05) is 36.4 Å². The summed E-state index contributed by atoms with van der Waals surface area (Å²) in [7, 11) is 1.66. The quantitative estimate of drug-likeness (QED) is 0.892. The van der Waals surface area contributed by atoms with Crippen LogP contribution in [0, 0.1) is 0 Å². The maximum absolute atomic E-state index is 12.3. The van der Waals surface area contributed by atoms with Crippen LogP contribution < -0.4 is 10.6 Å². The fourth-order valence-corrected chi connectivity index (χ4v) is 2.90. The first kappa shape index (κ1) is 15.7. The lowest BCUT2D eigenvalue weighted by atomic mass is 9.98. The molecular formula is C19H22N2O2. The molecule has 0 aromatic heterocycles. The van der Waals surface area contributed by atoms with Gasteiger partial charge in [-0.1, -0.05) is 24.3 Å². The van der Waals surface area contributed by atoms with Crippen LogP contribution in [0.25, 0.3) is 0 Å².